The molecule has 0 aromatic heterocycles. The van der Waals surface area contributed by atoms with Gasteiger partial charge >= 0.3 is 0 Å². The Morgan fingerprint density at radius 3 is 2.35 bits per heavy atom. The van der Waals surface area contributed by atoms with Crippen molar-refractivity contribution < 1.29 is 9.53 Å². The van der Waals surface area contributed by atoms with Gasteiger partial charge in [0.25, 0.3) is 5.91 Å². The highest BCUT2D eigenvalue weighted by atomic mass is 16.5. The lowest BCUT2D eigenvalue weighted by Crippen LogP contribution is -2.19. The van der Waals surface area contributed by atoms with Gasteiger partial charge in [0.15, 0.2) is 0 Å². The van der Waals surface area contributed by atoms with Crippen LogP contribution in [0.25, 0.3) is 0 Å². The molecule has 4 nitrogen and oxygen atoms in total. The predicted molar refractivity (Wildman–Crippen MR) is 93.1 cm³/mol. The highest BCUT2D eigenvalue weighted by Crippen LogP contribution is 2.12. The molecule has 2 aromatic rings. The lowest BCUT2D eigenvalue weighted by Gasteiger charge is -2.05. The normalized spacial score (nSPS) is 11.2. The summed E-state index contributed by atoms with van der Waals surface area (Å²) < 4.78 is 5.14. The number of benzene rings is 2. The summed E-state index contributed by atoms with van der Waals surface area (Å²) in [5.74, 6) is 0.665. The van der Waals surface area contributed by atoms with Gasteiger partial charge in [-0.05, 0) is 56.5 Å². The Morgan fingerprint density at radius 1 is 1.09 bits per heavy atom. The zero-order chi connectivity index (χ0) is 16.7. The third-order valence-corrected chi connectivity index (χ3v) is 3.60. The van der Waals surface area contributed by atoms with E-state index in [1.807, 2.05) is 50.2 Å². The standard InChI is InChI=1S/C19H22N2O2/c1-14-4-10-17(11-5-14)19(22)21-20-15(2)6-7-16-8-12-18(23-3)13-9-16/h4-5,8-13H,6-7H2,1-3H3,(H,21,22)/b20-15-. The van der Waals surface area contributed by atoms with Crippen LogP contribution in [0.15, 0.2) is 53.6 Å². The van der Waals surface area contributed by atoms with E-state index in [2.05, 4.69) is 10.5 Å². The van der Waals surface area contributed by atoms with Crippen LogP contribution in [0.5, 0.6) is 5.75 Å². The van der Waals surface area contributed by atoms with Crippen LogP contribution >= 0.6 is 0 Å². The Kier molecular flexibility index (Phi) is 5.92. The molecular formula is C19H22N2O2. The third-order valence-electron chi connectivity index (χ3n) is 3.60. The lowest BCUT2D eigenvalue weighted by atomic mass is 10.1. The van der Waals surface area contributed by atoms with Crippen LogP contribution in [0.4, 0.5) is 0 Å². The van der Waals surface area contributed by atoms with E-state index in [9.17, 15) is 4.79 Å². The predicted octanol–water partition coefficient (Wildman–Crippen LogP) is 3.74. The van der Waals surface area contributed by atoms with Gasteiger partial charge in [-0.1, -0.05) is 29.8 Å². The number of nitrogens with one attached hydrogen (secondary N) is 1. The first-order valence-corrected chi connectivity index (χ1v) is 7.61. The van der Waals surface area contributed by atoms with Gasteiger partial charge in [0.05, 0.1) is 7.11 Å². The summed E-state index contributed by atoms with van der Waals surface area (Å²) in [6, 6.07) is 15.4. The molecule has 0 aliphatic heterocycles. The SMILES string of the molecule is COc1ccc(CC/C(C)=N\NC(=O)c2ccc(C)cc2)cc1. The van der Waals surface area contributed by atoms with E-state index in [0.29, 0.717) is 5.56 Å². The second-order valence-electron chi connectivity index (χ2n) is 5.50. The lowest BCUT2D eigenvalue weighted by molar-refractivity contribution is 0.0954. The maximum atomic E-state index is 12.0. The van der Waals surface area contributed by atoms with Crippen molar-refractivity contribution in [3.8, 4) is 5.75 Å². The number of amides is 1. The molecule has 1 amide bonds. The fourth-order valence-electron chi connectivity index (χ4n) is 2.09. The minimum atomic E-state index is -0.186. The van der Waals surface area contributed by atoms with Gasteiger partial charge < -0.3 is 4.74 Å². The summed E-state index contributed by atoms with van der Waals surface area (Å²) in [6.07, 6.45) is 1.67. The van der Waals surface area contributed by atoms with Crippen molar-refractivity contribution in [1.29, 1.82) is 0 Å². The van der Waals surface area contributed by atoms with Crippen LogP contribution < -0.4 is 10.2 Å². The zero-order valence-corrected chi connectivity index (χ0v) is 13.8. The second kappa shape index (κ2) is 8.13. The molecule has 1 N–H and O–H groups in total. The number of nitrogens with zero attached hydrogens (tertiary/aromatic N) is 1. The molecule has 0 aliphatic rings. The van der Waals surface area contributed by atoms with E-state index >= 15 is 0 Å². The number of carbonyl (C=O) groups excluding carboxylic acids is 1. The van der Waals surface area contributed by atoms with Crippen LogP contribution in [0, 0.1) is 6.92 Å². The number of carbonyl (C=O) groups is 1. The molecule has 0 heterocycles. The topological polar surface area (TPSA) is 50.7 Å². The summed E-state index contributed by atoms with van der Waals surface area (Å²) >= 11 is 0. The summed E-state index contributed by atoms with van der Waals surface area (Å²) in [5.41, 5.74) is 6.44. The molecule has 0 fully saturated rings. The van der Waals surface area contributed by atoms with E-state index < -0.39 is 0 Å². The average molecular weight is 310 g/mol. The van der Waals surface area contributed by atoms with Crippen molar-refractivity contribution in [3.05, 3.63) is 65.2 Å². The molecule has 2 aromatic carbocycles. The summed E-state index contributed by atoms with van der Waals surface area (Å²) in [6.45, 7) is 3.90. The van der Waals surface area contributed by atoms with Crippen molar-refractivity contribution in [2.45, 2.75) is 26.7 Å². The fourth-order valence-corrected chi connectivity index (χ4v) is 2.09. The second-order valence-corrected chi connectivity index (χ2v) is 5.50. The van der Waals surface area contributed by atoms with E-state index in [0.717, 1.165) is 29.9 Å². The molecular weight excluding hydrogens is 288 g/mol. The van der Waals surface area contributed by atoms with Gasteiger partial charge in [0, 0.05) is 11.3 Å². The van der Waals surface area contributed by atoms with Gasteiger partial charge in [-0.3, -0.25) is 4.79 Å². The molecule has 23 heavy (non-hydrogen) atoms. The van der Waals surface area contributed by atoms with Gasteiger partial charge in [0.1, 0.15) is 5.75 Å². The molecule has 4 heteroatoms. The Labute approximate surface area is 137 Å². The van der Waals surface area contributed by atoms with Crippen molar-refractivity contribution in [1.82, 2.24) is 5.43 Å². The summed E-state index contributed by atoms with van der Waals surface area (Å²) in [7, 11) is 1.66. The van der Waals surface area contributed by atoms with Crippen molar-refractivity contribution in [2.24, 2.45) is 5.10 Å². The van der Waals surface area contributed by atoms with Crippen LogP contribution in [0.3, 0.4) is 0 Å². The first-order valence-electron chi connectivity index (χ1n) is 7.61. The van der Waals surface area contributed by atoms with Crippen molar-refractivity contribution >= 4 is 11.6 Å². The Balaban J connectivity index is 1.84. The van der Waals surface area contributed by atoms with E-state index in [1.165, 1.54) is 5.56 Å². The smallest absolute Gasteiger partial charge is 0.271 e. The molecule has 0 atom stereocenters. The average Bonchev–Trinajstić information content (AvgIpc) is 2.59. The highest BCUT2D eigenvalue weighted by molar-refractivity contribution is 5.95. The van der Waals surface area contributed by atoms with E-state index in [1.54, 1.807) is 19.2 Å². The Hall–Kier alpha value is -2.62. The zero-order valence-electron chi connectivity index (χ0n) is 13.8. The summed E-state index contributed by atoms with van der Waals surface area (Å²) in [5, 5.41) is 4.16. The minimum Gasteiger partial charge on any atom is -0.497 e. The van der Waals surface area contributed by atoms with Crippen LogP contribution in [0.1, 0.15) is 34.8 Å². The van der Waals surface area contributed by atoms with Gasteiger partial charge in [-0.25, -0.2) is 5.43 Å². The molecule has 0 spiro atoms. The molecule has 2 rings (SSSR count). The van der Waals surface area contributed by atoms with Gasteiger partial charge in [-0.15, -0.1) is 0 Å². The van der Waals surface area contributed by atoms with Gasteiger partial charge in [-0.2, -0.15) is 5.10 Å². The number of methoxy groups -OCH3 is 1. The minimum absolute atomic E-state index is 0.186. The quantitative estimate of drug-likeness (QED) is 0.652. The van der Waals surface area contributed by atoms with Crippen LogP contribution in [0.2, 0.25) is 0 Å². The first-order chi connectivity index (χ1) is 11.1. The molecule has 0 aliphatic carbocycles. The first kappa shape index (κ1) is 16.7. The number of rotatable bonds is 6. The highest BCUT2D eigenvalue weighted by Gasteiger charge is 2.04. The van der Waals surface area contributed by atoms with Gasteiger partial charge in [0.2, 0.25) is 0 Å². The van der Waals surface area contributed by atoms with E-state index in [4.69, 9.17) is 4.74 Å². The number of hydrogen-bond acceptors (Lipinski definition) is 3. The molecule has 0 radical (unpaired) electrons. The van der Waals surface area contributed by atoms with Crippen LogP contribution in [-0.2, 0) is 6.42 Å². The van der Waals surface area contributed by atoms with Crippen LogP contribution in [-0.4, -0.2) is 18.7 Å². The number of aryl methyl sites for hydroxylation is 2. The fraction of sp³-hybridized carbons (Fsp3) is 0.263. The van der Waals surface area contributed by atoms with Crippen molar-refractivity contribution in [3.63, 3.8) is 0 Å². The molecule has 120 valence electrons. The Bertz CT molecular complexity index is 674. The third kappa shape index (κ3) is 5.25. The summed E-state index contributed by atoms with van der Waals surface area (Å²) in [4.78, 5) is 12.0. The maximum absolute atomic E-state index is 12.0. The number of hydrazone groups is 1. The molecule has 0 saturated heterocycles. The monoisotopic (exact) mass is 310 g/mol. The molecule has 0 saturated carbocycles. The van der Waals surface area contributed by atoms with E-state index in [-0.39, 0.29) is 5.91 Å². The molecule has 0 unspecified atom stereocenters. The number of ether oxygens (including phenoxy) is 1. The largest absolute Gasteiger partial charge is 0.497 e. The van der Waals surface area contributed by atoms with Crippen molar-refractivity contribution in [2.75, 3.05) is 7.11 Å². The maximum Gasteiger partial charge on any atom is 0.271 e. The Morgan fingerprint density at radius 2 is 1.74 bits per heavy atom. The number of hydrogen-bond donors (Lipinski definition) is 1. The molecule has 0 bridgehead atoms.